The molecule has 1 aliphatic rings. The number of hydrogen-bond donors (Lipinski definition) is 1. The molecule has 2 atom stereocenters. The number of piperazine rings is 1. The molecule has 1 N–H and O–H groups in total. The minimum absolute atomic E-state index is 0.275. The summed E-state index contributed by atoms with van der Waals surface area (Å²) in [5.41, 5.74) is 0.275. The Hall–Kier alpha value is -0.520. The topological polar surface area (TPSA) is 15.3 Å². The molecule has 0 radical (unpaired) electrons. The van der Waals surface area contributed by atoms with Crippen molar-refractivity contribution in [2.45, 2.75) is 64.6 Å². The second kappa shape index (κ2) is 5.70. The molecule has 0 bridgehead atoms. The van der Waals surface area contributed by atoms with Gasteiger partial charge in [0.1, 0.15) is 0 Å². The molecule has 0 aromatic rings. The summed E-state index contributed by atoms with van der Waals surface area (Å²) in [5, 5.41) is 3.70. The first kappa shape index (κ1) is 13.5. The third-order valence-electron chi connectivity index (χ3n) is 4.16. The predicted octanol–water partition coefficient (Wildman–Crippen LogP) is 2.25. The Kier molecular flexibility index (Phi) is 4.83. The maximum Gasteiger partial charge on any atom is 0.0712 e. The molecule has 0 aromatic carbocycles. The number of rotatable bonds is 4. The maximum absolute atomic E-state index is 5.64. The van der Waals surface area contributed by atoms with Gasteiger partial charge in [-0.3, -0.25) is 4.90 Å². The van der Waals surface area contributed by atoms with Crippen LogP contribution in [0.25, 0.3) is 0 Å². The van der Waals surface area contributed by atoms with Gasteiger partial charge in [0, 0.05) is 24.7 Å². The molecular weight excluding hydrogens is 196 g/mol. The molecule has 0 amide bonds. The average molecular weight is 222 g/mol. The van der Waals surface area contributed by atoms with Crippen molar-refractivity contribution < 1.29 is 0 Å². The van der Waals surface area contributed by atoms with Crippen LogP contribution in [0.15, 0.2) is 0 Å². The lowest BCUT2D eigenvalue weighted by Gasteiger charge is -2.48. The Balaban J connectivity index is 2.79. The number of hydrogen-bond acceptors (Lipinski definition) is 2. The van der Waals surface area contributed by atoms with E-state index >= 15 is 0 Å². The standard InChI is InChI=1S/C14H26N2/c1-6-13(7-2)16-11-14(8-3,9-4)15-10-12(16)5/h1,12-13,15H,7-11H2,2-5H3. The molecule has 1 rings (SSSR count). The Morgan fingerprint density at radius 2 is 2.06 bits per heavy atom. The quantitative estimate of drug-likeness (QED) is 0.734. The van der Waals surface area contributed by atoms with Gasteiger partial charge in [-0.2, -0.15) is 0 Å². The second-order valence-corrected chi connectivity index (χ2v) is 4.98. The summed E-state index contributed by atoms with van der Waals surface area (Å²) < 4.78 is 0. The Bertz CT molecular complexity index is 250. The van der Waals surface area contributed by atoms with E-state index in [2.05, 4.69) is 43.8 Å². The highest BCUT2D eigenvalue weighted by Crippen LogP contribution is 2.24. The highest BCUT2D eigenvalue weighted by atomic mass is 15.3. The zero-order chi connectivity index (χ0) is 12.2. The van der Waals surface area contributed by atoms with Crippen molar-refractivity contribution in [2.75, 3.05) is 13.1 Å². The third kappa shape index (κ3) is 2.59. The van der Waals surface area contributed by atoms with Crippen LogP contribution < -0.4 is 5.32 Å². The fraction of sp³-hybridized carbons (Fsp3) is 0.857. The minimum Gasteiger partial charge on any atom is -0.308 e. The summed E-state index contributed by atoms with van der Waals surface area (Å²) in [6, 6.07) is 0.849. The van der Waals surface area contributed by atoms with Gasteiger partial charge in [-0.15, -0.1) is 6.42 Å². The third-order valence-corrected chi connectivity index (χ3v) is 4.16. The van der Waals surface area contributed by atoms with E-state index in [0.29, 0.717) is 12.1 Å². The van der Waals surface area contributed by atoms with Gasteiger partial charge in [0.2, 0.25) is 0 Å². The van der Waals surface area contributed by atoms with Crippen LogP contribution >= 0.6 is 0 Å². The molecule has 1 fully saturated rings. The van der Waals surface area contributed by atoms with E-state index in [0.717, 1.165) is 19.5 Å². The van der Waals surface area contributed by atoms with E-state index in [9.17, 15) is 0 Å². The van der Waals surface area contributed by atoms with Crippen LogP contribution in [0.5, 0.6) is 0 Å². The highest BCUT2D eigenvalue weighted by molar-refractivity contribution is 5.05. The van der Waals surface area contributed by atoms with Gasteiger partial charge in [0.05, 0.1) is 6.04 Å². The molecule has 1 aliphatic heterocycles. The molecular formula is C14H26N2. The summed E-state index contributed by atoms with van der Waals surface area (Å²) in [5.74, 6) is 2.94. The lowest BCUT2D eigenvalue weighted by molar-refractivity contribution is 0.0610. The van der Waals surface area contributed by atoms with E-state index in [4.69, 9.17) is 6.42 Å². The first-order valence-corrected chi connectivity index (χ1v) is 6.59. The molecule has 1 saturated heterocycles. The molecule has 2 heteroatoms. The lowest BCUT2D eigenvalue weighted by atomic mass is 9.87. The summed E-state index contributed by atoms with van der Waals surface area (Å²) in [6.45, 7) is 11.1. The fourth-order valence-corrected chi connectivity index (χ4v) is 2.63. The van der Waals surface area contributed by atoms with Gasteiger partial charge in [-0.1, -0.05) is 26.7 Å². The van der Waals surface area contributed by atoms with Crippen LogP contribution in [0.2, 0.25) is 0 Å². The van der Waals surface area contributed by atoms with Crippen molar-refractivity contribution >= 4 is 0 Å². The van der Waals surface area contributed by atoms with Gasteiger partial charge < -0.3 is 5.32 Å². The Morgan fingerprint density at radius 1 is 1.44 bits per heavy atom. The van der Waals surface area contributed by atoms with Crippen molar-refractivity contribution in [3.05, 3.63) is 0 Å². The second-order valence-electron chi connectivity index (χ2n) is 4.98. The van der Waals surface area contributed by atoms with Gasteiger partial charge in [-0.05, 0) is 26.2 Å². The molecule has 16 heavy (non-hydrogen) atoms. The predicted molar refractivity (Wildman–Crippen MR) is 70.4 cm³/mol. The fourth-order valence-electron chi connectivity index (χ4n) is 2.63. The number of nitrogens with one attached hydrogen (secondary N) is 1. The zero-order valence-corrected chi connectivity index (χ0v) is 11.2. The van der Waals surface area contributed by atoms with Crippen molar-refractivity contribution in [3.8, 4) is 12.3 Å². The van der Waals surface area contributed by atoms with E-state index in [1.807, 2.05) is 0 Å². The average Bonchev–Trinajstić information content (AvgIpc) is 2.33. The van der Waals surface area contributed by atoms with E-state index in [1.54, 1.807) is 0 Å². The normalized spacial score (nSPS) is 27.3. The monoisotopic (exact) mass is 222 g/mol. The van der Waals surface area contributed by atoms with Crippen LogP contribution in [-0.4, -0.2) is 35.6 Å². The van der Waals surface area contributed by atoms with Crippen LogP contribution in [-0.2, 0) is 0 Å². The van der Waals surface area contributed by atoms with Gasteiger partial charge in [0.15, 0.2) is 0 Å². The van der Waals surface area contributed by atoms with Crippen molar-refractivity contribution in [3.63, 3.8) is 0 Å². The van der Waals surface area contributed by atoms with Gasteiger partial charge in [0.25, 0.3) is 0 Å². The van der Waals surface area contributed by atoms with E-state index < -0.39 is 0 Å². The van der Waals surface area contributed by atoms with Crippen LogP contribution in [0, 0.1) is 12.3 Å². The van der Waals surface area contributed by atoms with Gasteiger partial charge >= 0.3 is 0 Å². The zero-order valence-electron chi connectivity index (χ0n) is 11.2. The first-order valence-electron chi connectivity index (χ1n) is 6.59. The molecule has 0 spiro atoms. The van der Waals surface area contributed by atoms with Crippen LogP contribution in [0.3, 0.4) is 0 Å². The summed E-state index contributed by atoms with van der Waals surface area (Å²) in [4.78, 5) is 2.50. The SMILES string of the molecule is C#CC(CC)N1CC(CC)(CC)NCC1C. The highest BCUT2D eigenvalue weighted by Gasteiger charge is 2.37. The molecule has 2 unspecified atom stereocenters. The molecule has 1 heterocycles. The Labute approximate surface area is 101 Å². The van der Waals surface area contributed by atoms with Crippen molar-refractivity contribution in [1.82, 2.24) is 10.2 Å². The van der Waals surface area contributed by atoms with Crippen molar-refractivity contribution in [1.29, 1.82) is 0 Å². The van der Waals surface area contributed by atoms with Crippen LogP contribution in [0.1, 0.15) is 47.0 Å². The smallest absolute Gasteiger partial charge is 0.0712 e. The van der Waals surface area contributed by atoms with E-state index in [1.165, 1.54) is 12.8 Å². The summed E-state index contributed by atoms with van der Waals surface area (Å²) in [6.07, 6.45) is 9.03. The minimum atomic E-state index is 0.275. The van der Waals surface area contributed by atoms with Gasteiger partial charge in [-0.25, -0.2) is 0 Å². The summed E-state index contributed by atoms with van der Waals surface area (Å²) >= 11 is 0. The molecule has 0 saturated carbocycles. The first-order chi connectivity index (χ1) is 7.62. The van der Waals surface area contributed by atoms with Crippen LogP contribution in [0.4, 0.5) is 0 Å². The largest absolute Gasteiger partial charge is 0.308 e. The molecule has 92 valence electrons. The maximum atomic E-state index is 5.64. The van der Waals surface area contributed by atoms with E-state index in [-0.39, 0.29) is 5.54 Å². The number of nitrogens with zero attached hydrogens (tertiary/aromatic N) is 1. The lowest BCUT2D eigenvalue weighted by Crippen LogP contribution is -2.64. The molecule has 0 aromatic heterocycles. The molecule has 0 aliphatic carbocycles. The molecule has 2 nitrogen and oxygen atoms in total. The Morgan fingerprint density at radius 3 is 2.50 bits per heavy atom. The number of terminal acetylenes is 1. The van der Waals surface area contributed by atoms with Crippen molar-refractivity contribution in [2.24, 2.45) is 0 Å². The summed E-state index contributed by atoms with van der Waals surface area (Å²) in [7, 11) is 0.